The van der Waals surface area contributed by atoms with Crippen LogP contribution in [-0.2, 0) is 6.54 Å². The molecule has 0 aliphatic rings. The monoisotopic (exact) mass is 433 g/mol. The van der Waals surface area contributed by atoms with Gasteiger partial charge < -0.3 is 10.2 Å². The number of nitrogens with zero attached hydrogens (tertiary/aromatic N) is 3. The number of non-ortho nitro benzene ring substituents is 1. The summed E-state index contributed by atoms with van der Waals surface area (Å²) in [4.78, 5) is 34.0. The maximum Gasteiger partial charge on any atom is 0.336 e. The Hall–Kier alpha value is -3.27. The summed E-state index contributed by atoms with van der Waals surface area (Å²) in [5.74, 6) is -2.53. The van der Waals surface area contributed by atoms with Gasteiger partial charge in [-0.05, 0) is 46.6 Å². The van der Waals surface area contributed by atoms with Crippen LogP contribution >= 0.6 is 15.9 Å². The van der Waals surface area contributed by atoms with Crippen molar-refractivity contribution in [1.29, 1.82) is 0 Å². The molecule has 2 N–H and O–H groups in total. The van der Waals surface area contributed by atoms with Crippen molar-refractivity contribution in [2.75, 3.05) is 0 Å². The van der Waals surface area contributed by atoms with Crippen LogP contribution in [0.3, 0.4) is 0 Å². The largest absolute Gasteiger partial charge is 0.478 e. The highest BCUT2D eigenvalue weighted by atomic mass is 79.9. The Labute approximate surface area is 160 Å². The van der Waals surface area contributed by atoms with E-state index in [1.165, 1.54) is 28.9 Å². The standard InChI is InChI=1S/C17H12BrN3O6/c1-8-5-9(16(22)23)11(10(6-8)17(24)25)7-20-12-3-2-4-13(21(26)27)14(12)15(18)19-20/h2-6H,7H2,1H3,(H,22,23)(H,24,25). The molecule has 0 spiro atoms. The first-order valence-electron chi connectivity index (χ1n) is 7.60. The van der Waals surface area contributed by atoms with Crippen molar-refractivity contribution in [3.63, 3.8) is 0 Å². The Morgan fingerprint density at radius 3 is 2.33 bits per heavy atom. The van der Waals surface area contributed by atoms with Gasteiger partial charge in [-0.3, -0.25) is 14.8 Å². The van der Waals surface area contributed by atoms with Crippen molar-refractivity contribution in [3.8, 4) is 0 Å². The van der Waals surface area contributed by atoms with Crippen molar-refractivity contribution in [1.82, 2.24) is 9.78 Å². The molecule has 138 valence electrons. The lowest BCUT2D eigenvalue weighted by atomic mass is 9.97. The molecular weight excluding hydrogens is 422 g/mol. The van der Waals surface area contributed by atoms with E-state index in [-0.39, 0.29) is 38.9 Å². The summed E-state index contributed by atoms with van der Waals surface area (Å²) >= 11 is 3.19. The third kappa shape index (κ3) is 3.26. The zero-order valence-electron chi connectivity index (χ0n) is 13.8. The molecule has 0 aliphatic heterocycles. The van der Waals surface area contributed by atoms with Gasteiger partial charge >= 0.3 is 11.9 Å². The summed E-state index contributed by atoms with van der Waals surface area (Å²) in [6, 6.07) is 7.17. The maximum atomic E-state index is 11.6. The third-order valence-corrected chi connectivity index (χ3v) is 4.63. The highest BCUT2D eigenvalue weighted by Gasteiger charge is 2.23. The maximum absolute atomic E-state index is 11.6. The fourth-order valence-electron chi connectivity index (χ4n) is 2.96. The average molecular weight is 434 g/mol. The summed E-state index contributed by atoms with van der Waals surface area (Å²) in [6.07, 6.45) is 0. The smallest absolute Gasteiger partial charge is 0.336 e. The van der Waals surface area contributed by atoms with E-state index >= 15 is 0 Å². The first-order valence-corrected chi connectivity index (χ1v) is 8.39. The molecule has 9 nitrogen and oxygen atoms in total. The molecule has 10 heteroatoms. The molecule has 0 aliphatic carbocycles. The molecule has 3 rings (SSSR count). The number of carbonyl (C=O) groups is 2. The molecule has 0 saturated heterocycles. The Bertz CT molecular complexity index is 1090. The van der Waals surface area contributed by atoms with Gasteiger partial charge in [-0.25, -0.2) is 9.59 Å². The molecule has 0 saturated carbocycles. The summed E-state index contributed by atoms with van der Waals surface area (Å²) in [5, 5.41) is 34.7. The van der Waals surface area contributed by atoms with Gasteiger partial charge in [-0.2, -0.15) is 5.10 Å². The first-order chi connectivity index (χ1) is 12.7. The first kappa shape index (κ1) is 18.5. The summed E-state index contributed by atoms with van der Waals surface area (Å²) in [5.41, 5.74) is 0.464. The molecule has 3 aromatic rings. The lowest BCUT2D eigenvalue weighted by Crippen LogP contribution is -2.14. The second-order valence-corrected chi connectivity index (χ2v) is 6.58. The second-order valence-electron chi connectivity index (χ2n) is 5.83. The van der Waals surface area contributed by atoms with Crippen molar-refractivity contribution in [3.05, 3.63) is 67.3 Å². The Morgan fingerprint density at radius 2 is 1.81 bits per heavy atom. The minimum absolute atomic E-state index is 0.0593. The number of benzene rings is 2. The van der Waals surface area contributed by atoms with Crippen LogP contribution in [0.1, 0.15) is 31.8 Å². The van der Waals surface area contributed by atoms with E-state index in [1.54, 1.807) is 13.0 Å². The minimum atomic E-state index is -1.27. The fourth-order valence-corrected chi connectivity index (χ4v) is 3.55. The van der Waals surface area contributed by atoms with E-state index in [0.29, 0.717) is 11.1 Å². The van der Waals surface area contributed by atoms with Crippen molar-refractivity contribution >= 4 is 44.5 Å². The quantitative estimate of drug-likeness (QED) is 0.464. The van der Waals surface area contributed by atoms with Gasteiger partial charge in [0.2, 0.25) is 0 Å². The van der Waals surface area contributed by atoms with Crippen LogP contribution in [-0.4, -0.2) is 36.9 Å². The molecule has 0 amide bonds. The Balaban J connectivity index is 2.25. The number of aromatic carboxylic acids is 2. The molecule has 0 radical (unpaired) electrons. The summed E-state index contributed by atoms with van der Waals surface area (Å²) in [7, 11) is 0. The van der Waals surface area contributed by atoms with Crippen molar-refractivity contribution < 1.29 is 24.7 Å². The van der Waals surface area contributed by atoms with E-state index in [4.69, 9.17) is 0 Å². The van der Waals surface area contributed by atoms with Crippen molar-refractivity contribution in [2.24, 2.45) is 0 Å². The molecule has 0 fully saturated rings. The zero-order valence-corrected chi connectivity index (χ0v) is 15.4. The normalized spacial score (nSPS) is 10.9. The van der Waals surface area contributed by atoms with Gasteiger partial charge in [0, 0.05) is 11.6 Å². The van der Waals surface area contributed by atoms with Gasteiger partial charge in [-0.15, -0.1) is 0 Å². The molecule has 0 unspecified atom stereocenters. The molecule has 1 heterocycles. The second kappa shape index (κ2) is 6.80. The van der Waals surface area contributed by atoms with Gasteiger partial charge in [0.15, 0.2) is 0 Å². The van der Waals surface area contributed by atoms with E-state index in [1.807, 2.05) is 0 Å². The van der Waals surface area contributed by atoms with Crippen molar-refractivity contribution in [2.45, 2.75) is 13.5 Å². The molecule has 27 heavy (non-hydrogen) atoms. The number of aryl methyl sites for hydroxylation is 1. The SMILES string of the molecule is Cc1cc(C(=O)O)c(Cn2nc(Br)c3c([N+](=O)[O-])cccc32)c(C(=O)O)c1. The topological polar surface area (TPSA) is 136 Å². The fraction of sp³-hybridized carbons (Fsp3) is 0.118. The van der Waals surface area contributed by atoms with Crippen LogP contribution in [0.15, 0.2) is 34.9 Å². The van der Waals surface area contributed by atoms with Crippen LogP contribution in [0.25, 0.3) is 10.9 Å². The Morgan fingerprint density at radius 1 is 1.22 bits per heavy atom. The average Bonchev–Trinajstić information content (AvgIpc) is 2.91. The predicted octanol–water partition coefficient (Wildman–Crippen LogP) is 3.46. The minimum Gasteiger partial charge on any atom is -0.478 e. The number of carboxylic acids is 2. The van der Waals surface area contributed by atoms with E-state index in [0.717, 1.165) is 0 Å². The highest BCUT2D eigenvalue weighted by Crippen LogP contribution is 2.32. The Kier molecular flexibility index (Phi) is 4.66. The van der Waals surface area contributed by atoms with E-state index in [9.17, 15) is 29.9 Å². The lowest BCUT2D eigenvalue weighted by molar-refractivity contribution is -0.383. The third-order valence-electron chi connectivity index (χ3n) is 4.07. The van der Waals surface area contributed by atoms with Gasteiger partial charge in [0.1, 0.15) is 9.99 Å². The highest BCUT2D eigenvalue weighted by molar-refractivity contribution is 9.10. The number of carboxylic acid groups (broad SMARTS) is 2. The number of nitro groups is 1. The molecule has 0 atom stereocenters. The van der Waals surface area contributed by atoms with Crippen LogP contribution in [0.2, 0.25) is 0 Å². The van der Waals surface area contributed by atoms with Gasteiger partial charge in [-0.1, -0.05) is 6.07 Å². The van der Waals surface area contributed by atoms with E-state index in [2.05, 4.69) is 21.0 Å². The number of fused-ring (bicyclic) bond motifs is 1. The van der Waals surface area contributed by atoms with Crippen LogP contribution in [0, 0.1) is 17.0 Å². The van der Waals surface area contributed by atoms with Crippen LogP contribution < -0.4 is 0 Å². The number of hydrogen-bond donors (Lipinski definition) is 2. The number of hydrogen-bond acceptors (Lipinski definition) is 5. The molecule has 2 aromatic carbocycles. The van der Waals surface area contributed by atoms with Gasteiger partial charge in [0.05, 0.1) is 28.1 Å². The molecule has 1 aromatic heterocycles. The summed E-state index contributed by atoms with van der Waals surface area (Å²) in [6.45, 7) is 1.43. The molecule has 0 bridgehead atoms. The number of aromatic nitrogens is 2. The number of halogens is 1. The summed E-state index contributed by atoms with van der Waals surface area (Å²) < 4.78 is 1.56. The predicted molar refractivity (Wildman–Crippen MR) is 98.3 cm³/mol. The number of rotatable bonds is 5. The number of nitro benzene ring substituents is 1. The molecular formula is C17H12BrN3O6. The lowest BCUT2D eigenvalue weighted by Gasteiger charge is -2.12. The zero-order chi connectivity index (χ0) is 19.9. The van der Waals surface area contributed by atoms with Gasteiger partial charge in [0.25, 0.3) is 5.69 Å². The van der Waals surface area contributed by atoms with E-state index < -0.39 is 16.9 Å². The van der Waals surface area contributed by atoms with Crippen LogP contribution in [0.4, 0.5) is 5.69 Å². The van der Waals surface area contributed by atoms with Crippen LogP contribution in [0.5, 0.6) is 0 Å².